The molecule has 0 spiro atoms. The van der Waals surface area contributed by atoms with E-state index in [1.54, 1.807) is 36.0 Å². The van der Waals surface area contributed by atoms with Gasteiger partial charge in [0.15, 0.2) is 12.2 Å². The molecule has 0 fully saturated rings. The summed E-state index contributed by atoms with van der Waals surface area (Å²) in [5.74, 6) is 1.92. The van der Waals surface area contributed by atoms with Gasteiger partial charge in [0.2, 0.25) is 0 Å². The maximum Gasteiger partial charge on any atom is 0.343 e. The zero-order valence-corrected chi connectivity index (χ0v) is 18.9. The van der Waals surface area contributed by atoms with E-state index in [4.69, 9.17) is 18.9 Å². The number of fused-ring (bicyclic) bond motifs is 2. The summed E-state index contributed by atoms with van der Waals surface area (Å²) in [6.45, 7) is 0.193. The molecule has 0 aromatic heterocycles. The first kappa shape index (κ1) is 22.5. The highest BCUT2D eigenvalue weighted by Gasteiger charge is 2.46. The van der Waals surface area contributed by atoms with Crippen LogP contribution >= 0.6 is 11.8 Å². The highest BCUT2D eigenvalue weighted by Crippen LogP contribution is 2.53. The summed E-state index contributed by atoms with van der Waals surface area (Å²) >= 11 is 1.55. The average molecular weight is 467 g/mol. The molecule has 1 heterocycles. The van der Waals surface area contributed by atoms with Crippen molar-refractivity contribution in [2.24, 2.45) is 0 Å². The van der Waals surface area contributed by atoms with Gasteiger partial charge in [-0.1, -0.05) is 30.3 Å². The lowest BCUT2D eigenvalue weighted by Crippen LogP contribution is -2.35. The summed E-state index contributed by atoms with van der Waals surface area (Å²) in [4.78, 5) is 23.3. The minimum atomic E-state index is -1.25. The number of esters is 1. The van der Waals surface area contributed by atoms with Crippen LogP contribution in [0.3, 0.4) is 0 Å². The van der Waals surface area contributed by atoms with E-state index in [0.29, 0.717) is 46.5 Å². The van der Waals surface area contributed by atoms with E-state index in [9.17, 15) is 9.59 Å². The molecule has 3 aromatic carbocycles. The molecule has 1 unspecified atom stereocenters. The highest BCUT2D eigenvalue weighted by molar-refractivity contribution is 7.98. The third-order valence-electron chi connectivity index (χ3n) is 5.22. The van der Waals surface area contributed by atoms with Crippen LogP contribution in [0.15, 0.2) is 66.7 Å². The van der Waals surface area contributed by atoms with E-state index in [1.807, 2.05) is 48.7 Å². The lowest BCUT2D eigenvalue weighted by atomic mass is 9.77. The van der Waals surface area contributed by atoms with Crippen molar-refractivity contribution in [1.29, 1.82) is 0 Å². The molecule has 8 heteroatoms. The molecule has 1 aliphatic heterocycles. The van der Waals surface area contributed by atoms with Gasteiger partial charge in [-0.2, -0.15) is 0 Å². The molecule has 33 heavy (non-hydrogen) atoms. The number of rotatable bonds is 9. The van der Waals surface area contributed by atoms with E-state index in [2.05, 4.69) is 4.74 Å². The van der Waals surface area contributed by atoms with Crippen LogP contribution in [0.25, 0.3) is 0 Å². The fourth-order valence-electron chi connectivity index (χ4n) is 3.78. The Morgan fingerprint density at radius 1 is 0.970 bits per heavy atom. The van der Waals surface area contributed by atoms with Gasteiger partial charge in [-0.25, -0.2) is 4.79 Å². The fourth-order valence-corrected chi connectivity index (χ4v) is 4.03. The fraction of sp³-hybridized carbons (Fsp3) is 0.200. The molecule has 0 N–H and O–H groups in total. The van der Waals surface area contributed by atoms with Crippen molar-refractivity contribution in [3.8, 4) is 23.0 Å². The minimum Gasteiger partial charge on any atom is -0.483 e. The summed E-state index contributed by atoms with van der Waals surface area (Å²) in [6.07, 6.45) is 1.94. The van der Waals surface area contributed by atoms with Gasteiger partial charge in [-0.05, 0) is 30.5 Å². The second-order valence-electron chi connectivity index (χ2n) is 7.09. The maximum atomic E-state index is 11.8. The molecule has 1 aliphatic rings. The second-order valence-corrected chi connectivity index (χ2v) is 7.91. The molecule has 3 aromatic rings. The van der Waals surface area contributed by atoms with Crippen LogP contribution in [0.2, 0.25) is 0 Å². The first-order valence-electron chi connectivity index (χ1n) is 10.1. The van der Waals surface area contributed by atoms with Crippen LogP contribution in [-0.4, -0.2) is 38.4 Å². The topological polar surface area (TPSA) is 80.3 Å². The molecule has 0 radical (unpaired) electrons. The van der Waals surface area contributed by atoms with Crippen LogP contribution < -0.4 is 14.2 Å². The molecular weight excluding hydrogens is 444 g/mol. The normalized spacial score (nSPS) is 15.9. The van der Waals surface area contributed by atoms with Crippen molar-refractivity contribution < 1.29 is 33.3 Å². The van der Waals surface area contributed by atoms with Crippen LogP contribution in [0.5, 0.6) is 23.0 Å². The Balaban J connectivity index is 1.87. The molecule has 0 saturated heterocycles. The van der Waals surface area contributed by atoms with Crippen molar-refractivity contribution in [3.63, 3.8) is 0 Å². The number of ether oxygens (including phenoxy) is 5. The Morgan fingerprint density at radius 3 is 2.18 bits per heavy atom. The van der Waals surface area contributed by atoms with Gasteiger partial charge < -0.3 is 23.7 Å². The standard InChI is InChI=1S/C25H22O7S/c1-28-24(27)14-29-18-8-10-20-22(12-18)32-23-13-19(30-16-33-2)9-11-21(23)25(20,31-15-26)17-6-4-3-5-7-17/h3-13,15H,14,16H2,1-2H3. The highest BCUT2D eigenvalue weighted by atomic mass is 32.2. The zero-order valence-electron chi connectivity index (χ0n) is 18.1. The van der Waals surface area contributed by atoms with E-state index >= 15 is 0 Å². The number of carbonyl (C=O) groups excluding carboxylic acids is 2. The first-order valence-corrected chi connectivity index (χ1v) is 11.5. The molecule has 170 valence electrons. The van der Waals surface area contributed by atoms with E-state index < -0.39 is 11.6 Å². The molecule has 7 nitrogen and oxygen atoms in total. The van der Waals surface area contributed by atoms with Gasteiger partial charge in [-0.3, -0.25) is 4.79 Å². The number of methoxy groups -OCH3 is 1. The van der Waals surface area contributed by atoms with Crippen molar-refractivity contribution >= 4 is 24.2 Å². The SMILES string of the molecule is COC(=O)COc1ccc2c(c1)Oc1cc(OCSC)ccc1C2(OC=O)c1ccccc1. The summed E-state index contributed by atoms with van der Waals surface area (Å²) in [7, 11) is 1.29. The molecule has 1 atom stereocenters. The monoisotopic (exact) mass is 466 g/mol. The summed E-state index contributed by atoms with van der Waals surface area (Å²) in [6, 6.07) is 20.0. The number of carbonyl (C=O) groups is 2. The van der Waals surface area contributed by atoms with Gasteiger partial charge in [0.1, 0.15) is 28.9 Å². The first-order chi connectivity index (χ1) is 16.1. The molecule has 4 rings (SSSR count). The molecule has 0 saturated carbocycles. The van der Waals surface area contributed by atoms with Crippen LogP contribution in [0.1, 0.15) is 16.7 Å². The van der Waals surface area contributed by atoms with Gasteiger partial charge in [-0.15, -0.1) is 11.8 Å². The van der Waals surface area contributed by atoms with Crippen LogP contribution in [-0.2, 0) is 24.7 Å². The maximum absolute atomic E-state index is 11.8. The summed E-state index contributed by atoms with van der Waals surface area (Å²) < 4.78 is 28.0. The van der Waals surface area contributed by atoms with E-state index in [-0.39, 0.29) is 6.61 Å². The summed E-state index contributed by atoms with van der Waals surface area (Å²) in [5.41, 5.74) is 0.790. The van der Waals surface area contributed by atoms with Gasteiger partial charge in [0, 0.05) is 28.8 Å². The zero-order chi connectivity index (χ0) is 23.3. The molecule has 0 aliphatic carbocycles. The van der Waals surface area contributed by atoms with Crippen LogP contribution in [0, 0.1) is 0 Å². The van der Waals surface area contributed by atoms with Crippen molar-refractivity contribution in [3.05, 3.63) is 83.4 Å². The lowest BCUT2D eigenvalue weighted by molar-refractivity contribution is -0.143. The number of hydrogen-bond acceptors (Lipinski definition) is 8. The smallest absolute Gasteiger partial charge is 0.343 e. The quantitative estimate of drug-likeness (QED) is 0.259. The Labute approximate surface area is 195 Å². The molecular formula is C25H22O7S. The predicted molar refractivity (Wildman–Crippen MR) is 123 cm³/mol. The van der Waals surface area contributed by atoms with Crippen molar-refractivity contribution in [2.45, 2.75) is 5.60 Å². The van der Waals surface area contributed by atoms with E-state index in [1.165, 1.54) is 7.11 Å². The van der Waals surface area contributed by atoms with E-state index in [0.717, 1.165) is 5.56 Å². The Kier molecular flexibility index (Phi) is 6.74. The molecule has 0 bridgehead atoms. The van der Waals surface area contributed by atoms with Gasteiger partial charge in [0.05, 0.1) is 7.11 Å². The Morgan fingerprint density at radius 2 is 1.61 bits per heavy atom. The van der Waals surface area contributed by atoms with Crippen LogP contribution in [0.4, 0.5) is 0 Å². The van der Waals surface area contributed by atoms with Crippen molar-refractivity contribution in [1.82, 2.24) is 0 Å². The Bertz CT molecular complexity index is 1150. The summed E-state index contributed by atoms with van der Waals surface area (Å²) in [5, 5.41) is 0. The third kappa shape index (κ3) is 4.34. The Hall–Kier alpha value is -3.65. The third-order valence-corrected chi connectivity index (χ3v) is 5.57. The molecule has 0 amide bonds. The lowest BCUT2D eigenvalue weighted by Gasteiger charge is -2.39. The average Bonchev–Trinajstić information content (AvgIpc) is 2.86. The minimum absolute atomic E-state index is 0.243. The van der Waals surface area contributed by atoms with Crippen molar-refractivity contribution in [2.75, 3.05) is 25.9 Å². The largest absolute Gasteiger partial charge is 0.483 e. The number of thioether (sulfide) groups is 1. The number of hydrogen-bond donors (Lipinski definition) is 0. The number of benzene rings is 3. The second kappa shape index (κ2) is 9.87. The predicted octanol–water partition coefficient (Wildman–Crippen LogP) is 4.51. The van der Waals surface area contributed by atoms with Gasteiger partial charge in [0.25, 0.3) is 6.47 Å². The van der Waals surface area contributed by atoms with Gasteiger partial charge >= 0.3 is 5.97 Å².